The zero-order valence-electron chi connectivity index (χ0n) is 24.3. The highest BCUT2D eigenvalue weighted by atomic mass is 79.9. The molecule has 2 N–H and O–H groups in total. The van der Waals surface area contributed by atoms with Crippen molar-refractivity contribution in [3.8, 4) is 11.5 Å². The van der Waals surface area contributed by atoms with E-state index >= 15 is 0 Å². The number of carbonyl (C=O) groups excluding carboxylic acids is 4. The number of phenols is 1. The summed E-state index contributed by atoms with van der Waals surface area (Å²) in [6.45, 7) is 1.67. The van der Waals surface area contributed by atoms with E-state index in [0.29, 0.717) is 10.0 Å². The molecule has 6 unspecified atom stereocenters. The van der Waals surface area contributed by atoms with Gasteiger partial charge in [-0.25, -0.2) is 9.29 Å². The number of likely N-dealkylation sites (tertiary alicyclic amines) is 1. The number of phenolic OH excluding ortho intramolecular Hbond substituents is 1. The van der Waals surface area contributed by atoms with Crippen LogP contribution in [0.4, 0.5) is 10.1 Å². The van der Waals surface area contributed by atoms with Gasteiger partial charge in [-0.2, -0.15) is 0 Å². The maximum Gasteiger partial charge on any atom is 0.303 e. The van der Waals surface area contributed by atoms with E-state index in [1.807, 2.05) is 6.08 Å². The summed E-state index contributed by atoms with van der Waals surface area (Å²) in [6.07, 6.45) is 2.13. The van der Waals surface area contributed by atoms with Gasteiger partial charge >= 0.3 is 5.97 Å². The number of amides is 4. The lowest BCUT2D eigenvalue weighted by Crippen LogP contribution is -2.48. The summed E-state index contributed by atoms with van der Waals surface area (Å²) >= 11 is 9.41. The highest BCUT2D eigenvalue weighted by molar-refractivity contribution is 9.10. The Morgan fingerprint density at radius 2 is 1.87 bits per heavy atom. The molecule has 0 bridgehead atoms. The van der Waals surface area contributed by atoms with Gasteiger partial charge in [0.15, 0.2) is 11.5 Å². The molecule has 2 heterocycles. The van der Waals surface area contributed by atoms with Crippen LogP contribution in [0.15, 0.2) is 46.5 Å². The highest BCUT2D eigenvalue weighted by Crippen LogP contribution is 2.64. The summed E-state index contributed by atoms with van der Waals surface area (Å²) in [5.41, 5.74) is 0.0141. The molecule has 0 aromatic heterocycles. The molecule has 0 spiro atoms. The molecule has 3 fully saturated rings. The summed E-state index contributed by atoms with van der Waals surface area (Å²) in [6, 6.07) is 6.85. The molecule has 2 aromatic carbocycles. The molecule has 2 saturated heterocycles. The Morgan fingerprint density at radius 1 is 1.13 bits per heavy atom. The number of carbonyl (C=O) groups is 5. The number of ether oxygens (including phenoxy) is 1. The molecule has 4 amide bonds. The summed E-state index contributed by atoms with van der Waals surface area (Å²) in [5.74, 6) is -7.37. The maximum atomic E-state index is 14.5. The Bertz CT molecular complexity index is 1710. The van der Waals surface area contributed by atoms with Crippen molar-refractivity contribution in [1.82, 2.24) is 4.90 Å². The molecule has 6 rings (SSSR count). The molecule has 2 aromatic rings. The maximum absolute atomic E-state index is 14.5. The second-order valence-corrected chi connectivity index (χ2v) is 13.4. The van der Waals surface area contributed by atoms with Gasteiger partial charge in [-0.1, -0.05) is 23.3 Å². The smallest absolute Gasteiger partial charge is 0.303 e. The number of carboxylic acids is 1. The van der Waals surface area contributed by atoms with Gasteiger partial charge in [-0.3, -0.25) is 28.9 Å². The van der Waals surface area contributed by atoms with Crippen LogP contribution in [0, 0.1) is 34.9 Å². The van der Waals surface area contributed by atoms with Crippen molar-refractivity contribution in [3.63, 3.8) is 0 Å². The number of carboxylic acid groups (broad SMARTS) is 1. The molecule has 13 heteroatoms. The number of methoxy groups -OCH3 is 1. The van der Waals surface area contributed by atoms with Crippen molar-refractivity contribution >= 4 is 62.8 Å². The first-order valence-electron chi connectivity index (χ1n) is 14.5. The van der Waals surface area contributed by atoms with E-state index in [2.05, 4.69) is 15.9 Å². The molecule has 1 saturated carbocycles. The number of hydrogen-bond donors (Lipinski definition) is 2. The van der Waals surface area contributed by atoms with Crippen LogP contribution in [0.5, 0.6) is 11.5 Å². The average Bonchev–Trinajstić information content (AvgIpc) is 3.35. The van der Waals surface area contributed by atoms with E-state index in [9.17, 15) is 33.5 Å². The normalized spacial score (nSPS) is 29.0. The Morgan fingerprint density at radius 3 is 2.53 bits per heavy atom. The number of fused-ring (bicyclic) bond motifs is 4. The van der Waals surface area contributed by atoms with Crippen LogP contribution in [-0.4, -0.2) is 58.4 Å². The van der Waals surface area contributed by atoms with E-state index in [1.54, 1.807) is 19.1 Å². The number of benzene rings is 2. The van der Waals surface area contributed by atoms with Gasteiger partial charge in [0, 0.05) is 18.9 Å². The fourth-order valence-corrected chi connectivity index (χ4v) is 8.49. The minimum absolute atomic E-state index is 0.0256. The lowest BCUT2D eigenvalue weighted by molar-refractivity contribution is -0.142. The third-order valence-electron chi connectivity index (χ3n) is 9.90. The fourth-order valence-electron chi connectivity index (χ4n) is 7.86. The van der Waals surface area contributed by atoms with Crippen molar-refractivity contribution < 1.29 is 43.3 Å². The summed E-state index contributed by atoms with van der Waals surface area (Å²) in [7, 11) is 1.38. The van der Waals surface area contributed by atoms with Gasteiger partial charge < -0.3 is 14.9 Å². The number of aliphatic carboxylic acids is 1. The standard InChI is InChI=1S/C32H29BrClFN2O8/c1-32-19(29(42)37(31(32)44)15-5-8-22(35)21(34)12-15)13-18-16(26(32)14-10-20(33)27(40)23(11-14)45-2)6-7-17-25(18)30(43)36(28(17)41)9-3-4-24(38)39/h5-6,8,10-12,17-19,25-26,40H,3-4,7,9,13H2,1-2H3,(H,38,39). The van der Waals surface area contributed by atoms with E-state index in [0.717, 1.165) is 21.4 Å². The van der Waals surface area contributed by atoms with Crippen LogP contribution >= 0.6 is 27.5 Å². The highest BCUT2D eigenvalue weighted by Gasteiger charge is 2.67. The molecule has 2 aliphatic heterocycles. The second kappa shape index (κ2) is 11.2. The summed E-state index contributed by atoms with van der Waals surface area (Å²) in [4.78, 5) is 69.2. The van der Waals surface area contributed by atoms with Gasteiger partial charge in [-0.05, 0) is 83.9 Å². The number of aromatic hydroxyl groups is 1. The predicted molar refractivity (Wildman–Crippen MR) is 162 cm³/mol. The Labute approximate surface area is 270 Å². The molecule has 45 heavy (non-hydrogen) atoms. The monoisotopic (exact) mass is 702 g/mol. The number of imide groups is 2. The molecule has 4 aliphatic rings. The predicted octanol–water partition coefficient (Wildman–Crippen LogP) is 5.05. The van der Waals surface area contributed by atoms with Gasteiger partial charge in [-0.15, -0.1) is 0 Å². The molecule has 6 atom stereocenters. The number of rotatable bonds is 7. The number of nitrogens with zero attached hydrogens (tertiary/aromatic N) is 2. The van der Waals surface area contributed by atoms with Crippen LogP contribution in [0.25, 0.3) is 0 Å². The first-order valence-corrected chi connectivity index (χ1v) is 15.6. The van der Waals surface area contributed by atoms with Crippen molar-refractivity contribution in [2.75, 3.05) is 18.6 Å². The third-order valence-corrected chi connectivity index (χ3v) is 10.8. The summed E-state index contributed by atoms with van der Waals surface area (Å²) < 4.78 is 19.8. The average molecular weight is 704 g/mol. The van der Waals surface area contributed by atoms with Crippen LogP contribution in [0.1, 0.15) is 44.1 Å². The molecule has 0 radical (unpaired) electrons. The minimum Gasteiger partial charge on any atom is -0.503 e. The number of anilines is 1. The molecular formula is C32H29BrClFN2O8. The van der Waals surface area contributed by atoms with Crippen molar-refractivity contribution in [3.05, 3.63) is 62.9 Å². The van der Waals surface area contributed by atoms with Gasteiger partial charge in [0.25, 0.3) is 0 Å². The second-order valence-electron chi connectivity index (χ2n) is 12.1. The van der Waals surface area contributed by atoms with Crippen molar-refractivity contribution in [1.29, 1.82) is 0 Å². The van der Waals surface area contributed by atoms with E-state index in [-0.39, 0.29) is 60.3 Å². The van der Waals surface area contributed by atoms with Gasteiger partial charge in [0.2, 0.25) is 23.6 Å². The zero-order valence-corrected chi connectivity index (χ0v) is 26.6. The quantitative estimate of drug-likeness (QED) is 0.302. The molecule has 236 valence electrons. The van der Waals surface area contributed by atoms with E-state index < -0.39 is 64.5 Å². The van der Waals surface area contributed by atoms with Crippen molar-refractivity contribution in [2.45, 2.75) is 38.5 Å². The van der Waals surface area contributed by atoms with Crippen LogP contribution in [0.2, 0.25) is 5.02 Å². The number of halogens is 3. The first-order chi connectivity index (χ1) is 21.3. The van der Waals surface area contributed by atoms with Gasteiger partial charge in [0.05, 0.1) is 45.5 Å². The van der Waals surface area contributed by atoms with Crippen molar-refractivity contribution in [2.24, 2.45) is 29.1 Å². The molecule has 2 aliphatic carbocycles. The lowest BCUT2D eigenvalue weighted by Gasteiger charge is -2.49. The Kier molecular flexibility index (Phi) is 7.80. The number of allylic oxidation sites excluding steroid dienone is 2. The van der Waals surface area contributed by atoms with Crippen LogP contribution in [0.3, 0.4) is 0 Å². The SMILES string of the molecule is COc1cc(C2C3=CCC4C(=O)N(CCCC(=O)O)C(=O)C4C3CC3C(=O)N(c4ccc(F)c(Cl)c4)C(=O)C32C)cc(Br)c1O. The van der Waals surface area contributed by atoms with Crippen LogP contribution < -0.4 is 9.64 Å². The fraction of sp³-hybridized carbons (Fsp3) is 0.406. The lowest BCUT2D eigenvalue weighted by atomic mass is 9.51. The third kappa shape index (κ3) is 4.67. The Hall–Kier alpha value is -3.77. The van der Waals surface area contributed by atoms with E-state index in [4.69, 9.17) is 21.4 Å². The first kappa shape index (κ1) is 31.2. The van der Waals surface area contributed by atoms with Crippen LogP contribution in [-0.2, 0) is 24.0 Å². The summed E-state index contributed by atoms with van der Waals surface area (Å²) in [5, 5.41) is 19.4. The molecular weight excluding hydrogens is 675 g/mol. The minimum atomic E-state index is -1.37. The number of hydrogen-bond acceptors (Lipinski definition) is 7. The zero-order chi connectivity index (χ0) is 32.5. The topological polar surface area (TPSA) is 142 Å². The van der Waals surface area contributed by atoms with E-state index in [1.165, 1.54) is 19.2 Å². The van der Waals surface area contributed by atoms with Gasteiger partial charge in [0.1, 0.15) is 5.82 Å². The Balaban J connectivity index is 1.48. The largest absolute Gasteiger partial charge is 0.503 e. The molecule has 10 nitrogen and oxygen atoms in total.